The minimum atomic E-state index is -0.0527. The van der Waals surface area contributed by atoms with Crippen molar-refractivity contribution in [3.63, 3.8) is 0 Å². The number of rotatable bonds is 3. The predicted octanol–water partition coefficient (Wildman–Crippen LogP) is 1.89. The van der Waals surface area contributed by atoms with Crippen molar-refractivity contribution < 1.29 is 4.79 Å². The number of hydrogen-bond acceptors (Lipinski definition) is 4. The van der Waals surface area contributed by atoms with E-state index in [2.05, 4.69) is 11.6 Å². The van der Waals surface area contributed by atoms with Crippen molar-refractivity contribution in [2.75, 3.05) is 19.0 Å². The summed E-state index contributed by atoms with van der Waals surface area (Å²) >= 11 is 1.39. The maximum atomic E-state index is 11.3. The van der Waals surface area contributed by atoms with Gasteiger partial charge in [0.2, 0.25) is 0 Å². The summed E-state index contributed by atoms with van der Waals surface area (Å²) in [6, 6.07) is 0. The average molecular weight is 196 g/mol. The second-order valence-corrected chi connectivity index (χ2v) is 3.85. The molecule has 0 fully saturated rings. The van der Waals surface area contributed by atoms with Gasteiger partial charge >= 0.3 is 0 Å². The van der Waals surface area contributed by atoms with Crippen LogP contribution < -0.4 is 4.90 Å². The second kappa shape index (κ2) is 3.70. The van der Waals surface area contributed by atoms with Crippen LogP contribution in [0.4, 0.5) is 5.13 Å². The van der Waals surface area contributed by atoms with E-state index in [0.717, 1.165) is 10.8 Å². The summed E-state index contributed by atoms with van der Waals surface area (Å²) in [4.78, 5) is 18.1. The molecule has 0 aliphatic carbocycles. The van der Waals surface area contributed by atoms with Crippen LogP contribution in [0, 0.1) is 6.92 Å². The van der Waals surface area contributed by atoms with Crippen LogP contribution in [0.5, 0.6) is 0 Å². The first-order valence-electron chi connectivity index (χ1n) is 3.87. The molecular weight excluding hydrogens is 184 g/mol. The van der Waals surface area contributed by atoms with Crippen LogP contribution in [0.3, 0.4) is 0 Å². The Morgan fingerprint density at radius 1 is 1.62 bits per heavy atom. The van der Waals surface area contributed by atoms with Crippen molar-refractivity contribution in [2.24, 2.45) is 0 Å². The molecule has 0 unspecified atom stereocenters. The minimum absolute atomic E-state index is 0.0527. The molecule has 0 aliphatic rings. The third kappa shape index (κ3) is 1.95. The Hall–Kier alpha value is -1.16. The molecule has 0 saturated heterocycles. The van der Waals surface area contributed by atoms with E-state index in [4.69, 9.17) is 0 Å². The van der Waals surface area contributed by atoms with Crippen molar-refractivity contribution in [3.05, 3.63) is 23.2 Å². The number of aromatic nitrogens is 1. The fraction of sp³-hybridized carbons (Fsp3) is 0.333. The van der Waals surface area contributed by atoms with Gasteiger partial charge in [-0.25, -0.2) is 4.98 Å². The first kappa shape index (κ1) is 9.92. The van der Waals surface area contributed by atoms with Gasteiger partial charge in [-0.2, -0.15) is 0 Å². The van der Waals surface area contributed by atoms with Gasteiger partial charge in [0.25, 0.3) is 0 Å². The fourth-order valence-electron chi connectivity index (χ4n) is 0.895. The highest BCUT2D eigenvalue weighted by Crippen LogP contribution is 2.24. The van der Waals surface area contributed by atoms with Gasteiger partial charge in [-0.1, -0.05) is 17.9 Å². The molecule has 1 rings (SSSR count). The molecule has 4 heteroatoms. The Balaban J connectivity index is 3.10. The lowest BCUT2D eigenvalue weighted by Gasteiger charge is -2.04. The van der Waals surface area contributed by atoms with E-state index in [9.17, 15) is 4.79 Å². The smallest absolute Gasteiger partial charge is 0.197 e. The fourth-order valence-corrected chi connectivity index (χ4v) is 1.82. The van der Waals surface area contributed by atoms with Crippen LogP contribution in [0.25, 0.3) is 0 Å². The lowest BCUT2D eigenvalue weighted by atomic mass is 10.3. The molecule has 1 aromatic heterocycles. The SMILES string of the molecule is C=CC(=O)c1sc(N(C)C)nc1C. The molecule has 0 saturated carbocycles. The Morgan fingerprint density at radius 2 is 2.23 bits per heavy atom. The number of allylic oxidation sites excluding steroid dienone is 1. The van der Waals surface area contributed by atoms with Crippen LogP contribution >= 0.6 is 11.3 Å². The maximum Gasteiger partial charge on any atom is 0.197 e. The molecule has 1 aromatic rings. The Labute approximate surface area is 81.7 Å². The first-order valence-corrected chi connectivity index (χ1v) is 4.69. The van der Waals surface area contributed by atoms with Crippen LogP contribution in [-0.4, -0.2) is 24.9 Å². The predicted molar refractivity (Wildman–Crippen MR) is 55.7 cm³/mol. The number of thiazole rings is 1. The maximum absolute atomic E-state index is 11.3. The zero-order valence-electron chi connectivity index (χ0n) is 8.00. The van der Waals surface area contributed by atoms with E-state index in [1.54, 1.807) is 0 Å². The topological polar surface area (TPSA) is 33.2 Å². The lowest BCUT2D eigenvalue weighted by molar-refractivity contribution is 0.105. The summed E-state index contributed by atoms with van der Waals surface area (Å²) < 4.78 is 0. The Kier molecular flexibility index (Phi) is 2.83. The number of anilines is 1. The van der Waals surface area contributed by atoms with Crippen molar-refractivity contribution in [3.8, 4) is 0 Å². The monoisotopic (exact) mass is 196 g/mol. The first-order chi connectivity index (χ1) is 6.06. The molecule has 0 spiro atoms. The molecule has 0 atom stereocenters. The normalized spacial score (nSPS) is 9.77. The molecule has 0 radical (unpaired) electrons. The third-order valence-electron chi connectivity index (χ3n) is 1.58. The minimum Gasteiger partial charge on any atom is -0.354 e. The van der Waals surface area contributed by atoms with Gasteiger partial charge in [-0.15, -0.1) is 0 Å². The summed E-state index contributed by atoms with van der Waals surface area (Å²) in [7, 11) is 3.81. The average Bonchev–Trinajstić information content (AvgIpc) is 2.46. The summed E-state index contributed by atoms with van der Waals surface area (Å²) in [5, 5.41) is 0.850. The van der Waals surface area contributed by atoms with E-state index in [1.165, 1.54) is 17.4 Å². The molecule has 1 heterocycles. The quantitative estimate of drug-likeness (QED) is 0.546. The summed E-state index contributed by atoms with van der Waals surface area (Å²) in [6.45, 7) is 5.28. The van der Waals surface area contributed by atoms with Crippen molar-refractivity contribution >= 4 is 22.3 Å². The molecule has 0 N–H and O–H groups in total. The number of carbonyl (C=O) groups is 1. The van der Waals surface area contributed by atoms with Crippen LogP contribution in [0.15, 0.2) is 12.7 Å². The van der Waals surface area contributed by atoms with Gasteiger partial charge in [-0.05, 0) is 13.0 Å². The van der Waals surface area contributed by atoms with Crippen LogP contribution in [0.2, 0.25) is 0 Å². The largest absolute Gasteiger partial charge is 0.354 e. The van der Waals surface area contributed by atoms with Gasteiger partial charge in [0.1, 0.15) is 0 Å². The third-order valence-corrected chi connectivity index (χ3v) is 2.92. The summed E-state index contributed by atoms with van der Waals surface area (Å²) in [6.07, 6.45) is 1.32. The van der Waals surface area contributed by atoms with E-state index in [0.29, 0.717) is 4.88 Å². The molecule has 70 valence electrons. The van der Waals surface area contributed by atoms with Gasteiger partial charge in [0.05, 0.1) is 10.6 Å². The number of nitrogens with zero attached hydrogens (tertiary/aromatic N) is 2. The van der Waals surface area contributed by atoms with E-state index in [-0.39, 0.29) is 5.78 Å². The Morgan fingerprint density at radius 3 is 2.62 bits per heavy atom. The van der Waals surface area contributed by atoms with Gasteiger partial charge < -0.3 is 4.90 Å². The lowest BCUT2D eigenvalue weighted by Crippen LogP contribution is -2.07. The molecule has 3 nitrogen and oxygen atoms in total. The Bertz CT molecular complexity index is 341. The summed E-state index contributed by atoms with van der Waals surface area (Å²) in [5.41, 5.74) is 0.776. The molecular formula is C9H12N2OS. The highest BCUT2D eigenvalue weighted by atomic mass is 32.1. The highest BCUT2D eigenvalue weighted by Gasteiger charge is 2.13. The van der Waals surface area contributed by atoms with E-state index in [1.807, 2.05) is 25.9 Å². The standard InChI is InChI=1S/C9H12N2OS/c1-5-7(12)8-6(2)10-9(13-8)11(3)4/h5H,1H2,2-4H3. The molecule has 0 bridgehead atoms. The number of aryl methyl sites for hydroxylation is 1. The van der Waals surface area contributed by atoms with E-state index >= 15 is 0 Å². The molecule has 0 amide bonds. The number of ketones is 1. The van der Waals surface area contributed by atoms with Gasteiger partial charge in [0, 0.05) is 14.1 Å². The van der Waals surface area contributed by atoms with E-state index < -0.39 is 0 Å². The molecule has 0 aliphatic heterocycles. The van der Waals surface area contributed by atoms with Crippen LogP contribution in [-0.2, 0) is 0 Å². The zero-order chi connectivity index (χ0) is 10.0. The molecule has 13 heavy (non-hydrogen) atoms. The number of carbonyl (C=O) groups excluding carboxylic acids is 1. The highest BCUT2D eigenvalue weighted by molar-refractivity contribution is 7.17. The second-order valence-electron chi connectivity index (χ2n) is 2.87. The van der Waals surface area contributed by atoms with Crippen molar-refractivity contribution in [1.82, 2.24) is 4.98 Å². The van der Waals surface area contributed by atoms with Crippen molar-refractivity contribution in [1.29, 1.82) is 0 Å². The number of hydrogen-bond donors (Lipinski definition) is 0. The molecule has 0 aromatic carbocycles. The van der Waals surface area contributed by atoms with Gasteiger partial charge in [-0.3, -0.25) is 4.79 Å². The zero-order valence-corrected chi connectivity index (χ0v) is 8.81. The summed E-state index contributed by atoms with van der Waals surface area (Å²) in [5.74, 6) is -0.0527. The van der Waals surface area contributed by atoms with Crippen LogP contribution in [0.1, 0.15) is 15.4 Å². The van der Waals surface area contributed by atoms with Crippen molar-refractivity contribution in [2.45, 2.75) is 6.92 Å². The van der Waals surface area contributed by atoms with Gasteiger partial charge in [0.15, 0.2) is 10.9 Å².